The van der Waals surface area contributed by atoms with Crippen LogP contribution < -0.4 is 5.32 Å². The molecule has 2 heterocycles. The van der Waals surface area contributed by atoms with Gasteiger partial charge in [-0.2, -0.15) is 5.10 Å². The van der Waals surface area contributed by atoms with Gasteiger partial charge in [-0.25, -0.2) is 0 Å². The van der Waals surface area contributed by atoms with E-state index in [1.165, 1.54) is 50.9 Å². The zero-order chi connectivity index (χ0) is 13.9. The predicted molar refractivity (Wildman–Crippen MR) is 81.6 cm³/mol. The smallest absolute Gasteiger partial charge is 0.0537 e. The van der Waals surface area contributed by atoms with Crippen LogP contribution in [0.5, 0.6) is 0 Å². The van der Waals surface area contributed by atoms with Crippen LogP contribution in [0, 0.1) is 5.92 Å². The van der Waals surface area contributed by atoms with E-state index in [1.807, 2.05) is 4.68 Å². The minimum absolute atomic E-state index is 0.485. The van der Waals surface area contributed by atoms with Crippen LogP contribution in [0.4, 0.5) is 0 Å². The van der Waals surface area contributed by atoms with Gasteiger partial charge in [-0.3, -0.25) is 9.58 Å². The molecule has 4 heteroatoms. The molecule has 1 saturated heterocycles. The van der Waals surface area contributed by atoms with Gasteiger partial charge in [-0.1, -0.05) is 0 Å². The first-order valence-electron chi connectivity index (χ1n) is 8.26. The summed E-state index contributed by atoms with van der Waals surface area (Å²) in [6.07, 6.45) is 9.79. The number of hydrogen-bond acceptors (Lipinski definition) is 3. The molecule has 0 spiro atoms. The zero-order valence-electron chi connectivity index (χ0n) is 12.9. The SMILES string of the molecule is CCn1cc(C(C)N(CC2CC2)CC2CCCN2)cn1. The molecule has 3 rings (SSSR count). The van der Waals surface area contributed by atoms with Gasteiger partial charge in [0.05, 0.1) is 6.20 Å². The lowest BCUT2D eigenvalue weighted by Gasteiger charge is -2.31. The summed E-state index contributed by atoms with van der Waals surface area (Å²) < 4.78 is 2.04. The third-order valence-electron chi connectivity index (χ3n) is 4.81. The van der Waals surface area contributed by atoms with Crippen LogP contribution in [0.25, 0.3) is 0 Å². The lowest BCUT2D eigenvalue weighted by molar-refractivity contribution is 0.184. The molecule has 2 aliphatic rings. The summed E-state index contributed by atoms with van der Waals surface area (Å²) in [5.41, 5.74) is 1.37. The molecule has 20 heavy (non-hydrogen) atoms. The van der Waals surface area contributed by atoms with Gasteiger partial charge in [0, 0.05) is 43.5 Å². The van der Waals surface area contributed by atoms with Crippen molar-refractivity contribution in [1.82, 2.24) is 20.0 Å². The lowest BCUT2D eigenvalue weighted by Crippen LogP contribution is -2.40. The number of hydrogen-bond donors (Lipinski definition) is 1. The molecule has 0 bridgehead atoms. The van der Waals surface area contributed by atoms with Crippen molar-refractivity contribution in [3.05, 3.63) is 18.0 Å². The summed E-state index contributed by atoms with van der Waals surface area (Å²) in [7, 11) is 0. The third-order valence-corrected chi connectivity index (χ3v) is 4.81. The summed E-state index contributed by atoms with van der Waals surface area (Å²) in [5, 5.41) is 8.08. The van der Waals surface area contributed by atoms with Crippen molar-refractivity contribution in [3.8, 4) is 0 Å². The van der Waals surface area contributed by atoms with Crippen molar-refractivity contribution >= 4 is 0 Å². The summed E-state index contributed by atoms with van der Waals surface area (Å²) in [5.74, 6) is 0.945. The molecule has 1 saturated carbocycles. The molecule has 0 radical (unpaired) electrons. The normalized spacial score (nSPS) is 24.4. The van der Waals surface area contributed by atoms with Gasteiger partial charge in [-0.05, 0) is 52.0 Å². The third kappa shape index (κ3) is 3.41. The fourth-order valence-electron chi connectivity index (χ4n) is 3.20. The summed E-state index contributed by atoms with van der Waals surface area (Å²) in [6, 6.07) is 1.18. The molecular formula is C16H28N4. The van der Waals surface area contributed by atoms with E-state index in [4.69, 9.17) is 0 Å². The van der Waals surface area contributed by atoms with E-state index < -0.39 is 0 Å². The molecule has 0 aromatic carbocycles. The second kappa shape index (κ2) is 6.27. The van der Waals surface area contributed by atoms with E-state index in [1.54, 1.807) is 0 Å². The van der Waals surface area contributed by atoms with Gasteiger partial charge in [0.1, 0.15) is 0 Å². The number of nitrogens with one attached hydrogen (secondary N) is 1. The minimum Gasteiger partial charge on any atom is -0.313 e. The van der Waals surface area contributed by atoms with Crippen molar-refractivity contribution in [3.63, 3.8) is 0 Å². The monoisotopic (exact) mass is 276 g/mol. The van der Waals surface area contributed by atoms with Crippen LogP contribution in [-0.4, -0.2) is 40.4 Å². The first-order chi connectivity index (χ1) is 9.76. The molecule has 1 aromatic rings. The van der Waals surface area contributed by atoms with E-state index in [9.17, 15) is 0 Å². The Morgan fingerprint density at radius 3 is 2.85 bits per heavy atom. The molecule has 2 unspecified atom stereocenters. The first-order valence-corrected chi connectivity index (χ1v) is 8.26. The molecule has 1 aromatic heterocycles. The van der Waals surface area contributed by atoms with Crippen LogP contribution in [-0.2, 0) is 6.54 Å². The van der Waals surface area contributed by atoms with Gasteiger partial charge < -0.3 is 5.32 Å². The van der Waals surface area contributed by atoms with Crippen molar-refractivity contribution in [2.45, 2.75) is 58.2 Å². The van der Waals surface area contributed by atoms with Crippen LogP contribution in [0.2, 0.25) is 0 Å². The van der Waals surface area contributed by atoms with E-state index in [0.717, 1.165) is 12.5 Å². The minimum atomic E-state index is 0.485. The van der Waals surface area contributed by atoms with Gasteiger partial charge in [0.2, 0.25) is 0 Å². The predicted octanol–water partition coefficient (Wildman–Crippen LogP) is 2.43. The molecule has 112 valence electrons. The van der Waals surface area contributed by atoms with Crippen LogP contribution in [0.1, 0.15) is 51.1 Å². The van der Waals surface area contributed by atoms with Gasteiger partial charge in [0.15, 0.2) is 0 Å². The lowest BCUT2D eigenvalue weighted by atomic mass is 10.1. The highest BCUT2D eigenvalue weighted by molar-refractivity contribution is 5.10. The van der Waals surface area contributed by atoms with Crippen LogP contribution in [0.3, 0.4) is 0 Å². The summed E-state index contributed by atoms with van der Waals surface area (Å²) >= 11 is 0. The Kier molecular flexibility index (Phi) is 4.41. The average Bonchev–Trinajstić information content (AvgIpc) is 2.96. The van der Waals surface area contributed by atoms with Crippen molar-refractivity contribution in [1.29, 1.82) is 0 Å². The Bertz CT molecular complexity index is 418. The Morgan fingerprint density at radius 1 is 1.40 bits per heavy atom. The largest absolute Gasteiger partial charge is 0.313 e. The molecule has 4 nitrogen and oxygen atoms in total. The molecule has 1 N–H and O–H groups in total. The maximum Gasteiger partial charge on any atom is 0.0537 e. The molecule has 2 fully saturated rings. The second-order valence-corrected chi connectivity index (χ2v) is 6.50. The number of nitrogens with zero attached hydrogens (tertiary/aromatic N) is 3. The number of aryl methyl sites for hydroxylation is 1. The summed E-state index contributed by atoms with van der Waals surface area (Å²) in [6.45, 7) is 9.09. The number of aromatic nitrogens is 2. The summed E-state index contributed by atoms with van der Waals surface area (Å²) in [4.78, 5) is 2.68. The van der Waals surface area contributed by atoms with E-state index in [-0.39, 0.29) is 0 Å². The molecule has 0 amide bonds. The molecular weight excluding hydrogens is 248 g/mol. The Hall–Kier alpha value is -0.870. The number of rotatable bonds is 7. The maximum atomic E-state index is 4.44. The Morgan fingerprint density at radius 2 is 2.25 bits per heavy atom. The van der Waals surface area contributed by atoms with Crippen LogP contribution >= 0.6 is 0 Å². The fraction of sp³-hybridized carbons (Fsp3) is 0.812. The van der Waals surface area contributed by atoms with Gasteiger partial charge in [0.25, 0.3) is 0 Å². The average molecular weight is 276 g/mol. The standard InChI is InChI=1S/C16H28N4/c1-3-20-11-15(9-18-20)13(2)19(10-14-6-7-14)12-16-5-4-8-17-16/h9,11,13-14,16-17H,3-8,10,12H2,1-2H3. The quantitative estimate of drug-likeness (QED) is 0.830. The van der Waals surface area contributed by atoms with Gasteiger partial charge in [-0.15, -0.1) is 0 Å². The Balaban J connectivity index is 1.65. The molecule has 2 atom stereocenters. The highest BCUT2D eigenvalue weighted by atomic mass is 15.3. The van der Waals surface area contributed by atoms with E-state index in [2.05, 4.69) is 41.6 Å². The Labute approximate surface area is 122 Å². The topological polar surface area (TPSA) is 33.1 Å². The fourth-order valence-corrected chi connectivity index (χ4v) is 3.20. The van der Waals surface area contributed by atoms with Crippen molar-refractivity contribution < 1.29 is 0 Å². The molecule has 1 aliphatic heterocycles. The first kappa shape index (κ1) is 14.1. The zero-order valence-corrected chi connectivity index (χ0v) is 12.9. The second-order valence-electron chi connectivity index (χ2n) is 6.50. The van der Waals surface area contributed by atoms with Crippen LogP contribution in [0.15, 0.2) is 12.4 Å². The van der Waals surface area contributed by atoms with E-state index >= 15 is 0 Å². The van der Waals surface area contributed by atoms with Crippen molar-refractivity contribution in [2.75, 3.05) is 19.6 Å². The van der Waals surface area contributed by atoms with Crippen molar-refractivity contribution in [2.24, 2.45) is 5.92 Å². The highest BCUT2D eigenvalue weighted by Crippen LogP contribution is 2.33. The maximum absolute atomic E-state index is 4.44. The molecule has 1 aliphatic carbocycles. The van der Waals surface area contributed by atoms with E-state index in [0.29, 0.717) is 12.1 Å². The highest BCUT2D eigenvalue weighted by Gasteiger charge is 2.29. The van der Waals surface area contributed by atoms with Gasteiger partial charge >= 0.3 is 0 Å².